The number of amides is 1. The minimum atomic E-state index is -0.865. The predicted octanol–water partition coefficient (Wildman–Crippen LogP) is 13.7. The van der Waals surface area contributed by atoms with Crippen molar-refractivity contribution in [3.63, 3.8) is 0 Å². The van der Waals surface area contributed by atoms with Crippen LogP contribution in [0.25, 0.3) is 0 Å². The second-order valence-electron chi connectivity index (χ2n) is 14.8. The maximum atomic E-state index is 12.4. The SMILES string of the molecule is CCCCCCC/C=C\C/C=C\C/C=C\CCCCCCCCCCCCC(=O)NC(CO)C(O)/C=C/CC/C=C/CCCCCCCCCC. The Bertz CT molecular complexity index is 858. The van der Waals surface area contributed by atoms with E-state index in [9.17, 15) is 15.0 Å². The molecule has 0 heterocycles. The van der Waals surface area contributed by atoms with Gasteiger partial charge >= 0.3 is 0 Å². The molecule has 0 aliphatic rings. The van der Waals surface area contributed by atoms with Crippen LogP contribution < -0.4 is 5.32 Å². The van der Waals surface area contributed by atoms with Crippen molar-refractivity contribution in [2.45, 2.75) is 225 Å². The van der Waals surface area contributed by atoms with Crippen molar-refractivity contribution >= 4 is 5.91 Å². The summed E-state index contributed by atoms with van der Waals surface area (Å²) in [6.45, 7) is 4.27. The number of nitrogens with one attached hydrogen (secondary N) is 1. The van der Waals surface area contributed by atoms with E-state index in [0.29, 0.717) is 6.42 Å². The number of aliphatic hydroxyl groups is 2. The van der Waals surface area contributed by atoms with Crippen LogP contribution in [-0.4, -0.2) is 34.9 Å². The van der Waals surface area contributed by atoms with E-state index in [1.54, 1.807) is 6.08 Å². The van der Waals surface area contributed by atoms with Crippen molar-refractivity contribution in [1.82, 2.24) is 5.32 Å². The van der Waals surface area contributed by atoms with Crippen LogP contribution in [0.1, 0.15) is 213 Å². The molecule has 0 aromatic heterocycles. The number of unbranched alkanes of at least 4 members (excludes halogenated alkanes) is 24. The average Bonchev–Trinajstić information content (AvgIpc) is 3.13. The lowest BCUT2D eigenvalue weighted by Gasteiger charge is -2.19. The molecule has 296 valence electrons. The molecule has 0 bridgehead atoms. The summed E-state index contributed by atoms with van der Waals surface area (Å²) in [5.74, 6) is -0.0804. The number of carbonyl (C=O) groups is 1. The first-order valence-electron chi connectivity index (χ1n) is 22.0. The molecule has 0 fully saturated rings. The molecule has 0 rings (SSSR count). The van der Waals surface area contributed by atoms with Crippen LogP contribution in [0.5, 0.6) is 0 Å². The van der Waals surface area contributed by atoms with Gasteiger partial charge in [-0.05, 0) is 70.6 Å². The first-order chi connectivity index (χ1) is 25.2. The van der Waals surface area contributed by atoms with Crippen LogP contribution in [0.3, 0.4) is 0 Å². The molecule has 0 aromatic rings. The van der Waals surface area contributed by atoms with E-state index in [-0.39, 0.29) is 12.5 Å². The summed E-state index contributed by atoms with van der Waals surface area (Å²) in [5, 5.41) is 22.9. The summed E-state index contributed by atoms with van der Waals surface area (Å²) in [7, 11) is 0. The Kier molecular flexibility index (Phi) is 40.9. The van der Waals surface area contributed by atoms with Crippen molar-refractivity contribution in [3.8, 4) is 0 Å². The van der Waals surface area contributed by atoms with Gasteiger partial charge in [0.05, 0.1) is 18.8 Å². The molecule has 4 nitrogen and oxygen atoms in total. The zero-order chi connectivity index (χ0) is 37.1. The molecule has 1 amide bonds. The largest absolute Gasteiger partial charge is 0.394 e. The molecule has 4 heteroatoms. The van der Waals surface area contributed by atoms with Crippen LogP contribution in [0.4, 0.5) is 0 Å². The minimum absolute atomic E-state index is 0.0804. The molecule has 0 saturated carbocycles. The molecule has 0 aromatic carbocycles. The Hall–Kier alpha value is -1.91. The van der Waals surface area contributed by atoms with Gasteiger partial charge in [0.1, 0.15) is 0 Å². The molecule has 3 N–H and O–H groups in total. The van der Waals surface area contributed by atoms with Crippen LogP contribution in [0, 0.1) is 0 Å². The number of carbonyl (C=O) groups excluding carboxylic acids is 1. The third-order valence-electron chi connectivity index (χ3n) is 9.72. The lowest BCUT2D eigenvalue weighted by atomic mass is 10.0. The van der Waals surface area contributed by atoms with Crippen LogP contribution in [0.15, 0.2) is 60.8 Å². The summed E-state index contributed by atoms with van der Waals surface area (Å²) < 4.78 is 0. The maximum Gasteiger partial charge on any atom is 0.220 e. The molecule has 0 aliphatic carbocycles. The zero-order valence-electron chi connectivity index (χ0n) is 33.9. The molecule has 2 unspecified atom stereocenters. The van der Waals surface area contributed by atoms with Gasteiger partial charge in [0.25, 0.3) is 0 Å². The molecule has 0 aliphatic heterocycles. The summed E-state index contributed by atoms with van der Waals surface area (Å²) in [6, 6.07) is -0.642. The lowest BCUT2D eigenvalue weighted by Crippen LogP contribution is -2.45. The second kappa shape index (κ2) is 42.5. The van der Waals surface area contributed by atoms with Gasteiger partial charge < -0.3 is 15.5 Å². The standard InChI is InChI=1S/C47H85NO3/c1-3-5-7-9-11-13-15-17-19-20-21-22-23-24-25-26-27-28-29-31-33-35-37-39-41-43-47(51)48-45(44-49)46(50)42-40-38-36-34-32-30-18-16-14-12-10-8-6-4-2/h15,17,20-21,23-24,32,34,40,42,45-46,49-50H,3-14,16,18-19,22,25-31,33,35-39,41,43-44H2,1-2H3,(H,48,51)/b17-15-,21-20-,24-23-,34-32+,42-40+. The van der Waals surface area contributed by atoms with Crippen LogP contribution in [-0.2, 0) is 4.79 Å². The number of aliphatic hydroxyl groups excluding tert-OH is 2. The first-order valence-corrected chi connectivity index (χ1v) is 22.0. The van der Waals surface area contributed by atoms with Crippen molar-refractivity contribution in [3.05, 3.63) is 60.8 Å². The first kappa shape index (κ1) is 49.1. The van der Waals surface area contributed by atoms with E-state index in [1.807, 2.05) is 6.08 Å². The summed E-state index contributed by atoms with van der Waals surface area (Å²) >= 11 is 0. The van der Waals surface area contributed by atoms with Crippen molar-refractivity contribution in [2.75, 3.05) is 6.61 Å². The fourth-order valence-electron chi connectivity index (χ4n) is 6.32. The third-order valence-corrected chi connectivity index (χ3v) is 9.72. The number of hydrogen-bond acceptors (Lipinski definition) is 3. The summed E-state index contributed by atoms with van der Waals surface area (Å²) in [5.41, 5.74) is 0. The molecule has 51 heavy (non-hydrogen) atoms. The van der Waals surface area contributed by atoms with Gasteiger partial charge in [0, 0.05) is 6.42 Å². The normalized spacial score (nSPS) is 13.6. The Morgan fingerprint density at radius 2 is 0.824 bits per heavy atom. The van der Waals surface area contributed by atoms with E-state index in [2.05, 4.69) is 67.8 Å². The molecule has 0 spiro atoms. The van der Waals surface area contributed by atoms with Crippen LogP contribution in [0.2, 0.25) is 0 Å². The third kappa shape index (κ3) is 39.1. The molecular weight excluding hydrogens is 627 g/mol. The maximum absolute atomic E-state index is 12.4. The number of allylic oxidation sites excluding steroid dienone is 9. The molecule has 2 atom stereocenters. The fraction of sp³-hybridized carbons (Fsp3) is 0.766. The second-order valence-corrected chi connectivity index (χ2v) is 14.8. The van der Waals surface area contributed by atoms with E-state index < -0.39 is 12.1 Å². The number of hydrogen-bond donors (Lipinski definition) is 3. The summed E-state index contributed by atoms with van der Waals surface area (Å²) in [6.07, 6.45) is 59.0. The van der Waals surface area contributed by atoms with E-state index in [0.717, 1.165) is 44.9 Å². The van der Waals surface area contributed by atoms with Crippen molar-refractivity contribution < 1.29 is 15.0 Å². The van der Waals surface area contributed by atoms with Crippen molar-refractivity contribution in [1.29, 1.82) is 0 Å². The molecule has 0 saturated heterocycles. The van der Waals surface area contributed by atoms with E-state index >= 15 is 0 Å². The quantitative estimate of drug-likeness (QED) is 0.0439. The van der Waals surface area contributed by atoms with E-state index in [1.165, 1.54) is 148 Å². The zero-order valence-corrected chi connectivity index (χ0v) is 33.9. The Labute approximate surface area is 317 Å². The van der Waals surface area contributed by atoms with Gasteiger partial charge in [-0.2, -0.15) is 0 Å². The van der Waals surface area contributed by atoms with Gasteiger partial charge in [-0.15, -0.1) is 0 Å². The van der Waals surface area contributed by atoms with Crippen LogP contribution >= 0.6 is 0 Å². The minimum Gasteiger partial charge on any atom is -0.394 e. The molecular formula is C47H85NO3. The van der Waals surface area contributed by atoms with Gasteiger partial charge in [0.15, 0.2) is 0 Å². The van der Waals surface area contributed by atoms with Gasteiger partial charge in [-0.25, -0.2) is 0 Å². The van der Waals surface area contributed by atoms with Gasteiger partial charge in [-0.3, -0.25) is 4.79 Å². The van der Waals surface area contributed by atoms with Crippen molar-refractivity contribution in [2.24, 2.45) is 0 Å². The fourth-order valence-corrected chi connectivity index (χ4v) is 6.32. The topological polar surface area (TPSA) is 69.6 Å². The van der Waals surface area contributed by atoms with Gasteiger partial charge in [0.2, 0.25) is 5.91 Å². The highest BCUT2D eigenvalue weighted by Gasteiger charge is 2.17. The Morgan fingerprint density at radius 1 is 0.471 bits per heavy atom. The predicted molar refractivity (Wildman–Crippen MR) is 225 cm³/mol. The summed E-state index contributed by atoms with van der Waals surface area (Å²) in [4.78, 5) is 12.4. The smallest absolute Gasteiger partial charge is 0.220 e. The highest BCUT2D eigenvalue weighted by atomic mass is 16.3. The highest BCUT2D eigenvalue weighted by Crippen LogP contribution is 2.13. The van der Waals surface area contributed by atoms with Gasteiger partial charge in [-0.1, -0.05) is 197 Å². The average molecular weight is 712 g/mol. The highest BCUT2D eigenvalue weighted by molar-refractivity contribution is 5.76. The Balaban J connectivity index is 3.61. The Morgan fingerprint density at radius 3 is 1.27 bits per heavy atom. The monoisotopic (exact) mass is 712 g/mol. The number of rotatable bonds is 39. The van der Waals surface area contributed by atoms with E-state index in [4.69, 9.17) is 0 Å². The molecule has 0 radical (unpaired) electrons. The lowest BCUT2D eigenvalue weighted by molar-refractivity contribution is -0.123.